The van der Waals surface area contributed by atoms with E-state index in [0.717, 1.165) is 38.8 Å². The normalized spacial score (nSPS) is 15.4. The van der Waals surface area contributed by atoms with Crippen molar-refractivity contribution in [2.75, 3.05) is 13.1 Å². The molecule has 6 nitrogen and oxygen atoms in total. The fourth-order valence-electron chi connectivity index (χ4n) is 2.74. The summed E-state index contributed by atoms with van der Waals surface area (Å²) >= 11 is 0. The van der Waals surface area contributed by atoms with Crippen LogP contribution in [0.2, 0.25) is 0 Å². The molecule has 0 amide bonds. The predicted molar refractivity (Wildman–Crippen MR) is 93.1 cm³/mol. The first-order valence-corrected chi connectivity index (χ1v) is 8.40. The number of nitrogens with one attached hydrogen (secondary N) is 2. The van der Waals surface area contributed by atoms with Crippen molar-refractivity contribution < 1.29 is 0 Å². The Kier molecular flexibility index (Phi) is 9.60. The van der Waals surface area contributed by atoms with Gasteiger partial charge in [0.25, 0.3) is 0 Å². The predicted octanol–water partition coefficient (Wildman–Crippen LogP) is 3.59. The van der Waals surface area contributed by atoms with Crippen LogP contribution in [0.5, 0.6) is 0 Å². The smallest absolute Gasteiger partial charge is 0.109 e. The van der Waals surface area contributed by atoms with Crippen molar-refractivity contribution in [3.63, 3.8) is 0 Å². The zero-order valence-electron chi connectivity index (χ0n) is 15.1. The molecule has 0 aromatic heterocycles. The van der Waals surface area contributed by atoms with Gasteiger partial charge in [-0.1, -0.05) is 24.2 Å². The summed E-state index contributed by atoms with van der Waals surface area (Å²) in [6, 6.07) is -0.401. The molecule has 0 rings (SSSR count). The molecule has 2 N–H and O–H groups in total. The summed E-state index contributed by atoms with van der Waals surface area (Å²) in [7, 11) is 0. The summed E-state index contributed by atoms with van der Waals surface area (Å²) in [5.41, 5.74) is -0.532. The Balaban J connectivity index is 4.00. The first kappa shape index (κ1) is 21.1. The van der Waals surface area contributed by atoms with E-state index in [9.17, 15) is 9.81 Å². The van der Waals surface area contributed by atoms with E-state index in [0.29, 0.717) is 0 Å². The molecular formula is C16H34N4O2. The lowest BCUT2D eigenvalue weighted by molar-refractivity contribution is 0.297. The highest BCUT2D eigenvalue weighted by molar-refractivity contribution is 4.91. The van der Waals surface area contributed by atoms with Crippen molar-refractivity contribution in [3.05, 3.63) is 9.81 Å². The largest absolute Gasteiger partial charge is 0.310 e. The summed E-state index contributed by atoms with van der Waals surface area (Å²) in [5.74, 6) is 0. The molecule has 6 heteroatoms. The third-order valence-electron chi connectivity index (χ3n) is 4.46. The van der Waals surface area contributed by atoms with Crippen LogP contribution >= 0.6 is 0 Å². The van der Waals surface area contributed by atoms with E-state index in [1.165, 1.54) is 0 Å². The van der Waals surface area contributed by atoms with Crippen molar-refractivity contribution >= 4 is 0 Å². The van der Waals surface area contributed by atoms with Gasteiger partial charge in [-0.05, 0) is 66.5 Å². The lowest BCUT2D eigenvalue weighted by Gasteiger charge is -2.31. The Morgan fingerprint density at radius 3 is 1.32 bits per heavy atom. The minimum Gasteiger partial charge on any atom is -0.310 e. The van der Waals surface area contributed by atoms with Crippen LogP contribution in [-0.4, -0.2) is 36.3 Å². The van der Waals surface area contributed by atoms with Crippen LogP contribution in [-0.2, 0) is 0 Å². The number of rotatable bonds is 13. The van der Waals surface area contributed by atoms with Crippen molar-refractivity contribution in [1.29, 1.82) is 0 Å². The van der Waals surface area contributed by atoms with E-state index < -0.39 is 0 Å². The van der Waals surface area contributed by atoms with Crippen LogP contribution in [0.1, 0.15) is 67.2 Å². The fraction of sp³-hybridized carbons (Fsp3) is 1.00. The van der Waals surface area contributed by atoms with Gasteiger partial charge in [0.1, 0.15) is 12.1 Å². The van der Waals surface area contributed by atoms with Gasteiger partial charge in [-0.15, -0.1) is 0 Å². The monoisotopic (exact) mass is 314 g/mol. The lowest BCUT2D eigenvalue weighted by atomic mass is 9.92. The Morgan fingerprint density at radius 2 is 1.09 bits per heavy atom. The van der Waals surface area contributed by atoms with E-state index in [-0.39, 0.29) is 23.2 Å². The number of nitrogens with zero attached hydrogens (tertiary/aromatic N) is 2. The van der Waals surface area contributed by atoms with Gasteiger partial charge < -0.3 is 10.6 Å². The van der Waals surface area contributed by atoms with E-state index in [2.05, 4.69) is 21.0 Å². The molecule has 0 saturated heterocycles. The van der Waals surface area contributed by atoms with Gasteiger partial charge in [-0.3, -0.25) is 0 Å². The molecule has 2 atom stereocenters. The molecule has 130 valence electrons. The van der Waals surface area contributed by atoms with Gasteiger partial charge in [-0.25, -0.2) is 0 Å². The number of unbranched alkanes of at least 4 members (excludes halogenated alkanes) is 1. The molecule has 22 heavy (non-hydrogen) atoms. The minimum atomic E-state index is -0.266. The molecule has 2 unspecified atom stereocenters. The summed E-state index contributed by atoms with van der Waals surface area (Å²) in [6.45, 7) is 13.7. The van der Waals surface area contributed by atoms with Crippen LogP contribution in [0.15, 0.2) is 10.4 Å². The molecule has 0 saturated carbocycles. The zero-order valence-corrected chi connectivity index (χ0v) is 15.1. The van der Waals surface area contributed by atoms with Crippen molar-refractivity contribution in [2.24, 2.45) is 10.4 Å². The van der Waals surface area contributed by atoms with Crippen LogP contribution < -0.4 is 10.6 Å². The first-order chi connectivity index (χ1) is 10.2. The first-order valence-electron chi connectivity index (χ1n) is 8.40. The molecule has 0 aliphatic carbocycles. The topological polar surface area (TPSA) is 82.9 Å². The Bertz CT molecular complexity index is 300. The van der Waals surface area contributed by atoms with E-state index in [1.54, 1.807) is 0 Å². The average Bonchev–Trinajstić information content (AvgIpc) is 2.44. The Labute approximate surface area is 135 Å². The molecule has 0 aromatic carbocycles. The van der Waals surface area contributed by atoms with E-state index >= 15 is 0 Å². The van der Waals surface area contributed by atoms with Gasteiger partial charge in [0, 0.05) is 11.1 Å². The second-order valence-electron chi connectivity index (χ2n) is 7.06. The van der Waals surface area contributed by atoms with Crippen molar-refractivity contribution in [3.8, 4) is 0 Å². The maximum absolute atomic E-state index is 10.8. The molecule has 0 fully saturated rings. The second-order valence-corrected chi connectivity index (χ2v) is 7.06. The molecule has 0 radical (unpaired) electrons. The van der Waals surface area contributed by atoms with Crippen molar-refractivity contribution in [2.45, 2.75) is 90.4 Å². The van der Waals surface area contributed by atoms with Crippen LogP contribution in [0, 0.1) is 9.81 Å². The van der Waals surface area contributed by atoms with Gasteiger partial charge >= 0.3 is 0 Å². The lowest BCUT2D eigenvalue weighted by Crippen LogP contribution is -2.49. The highest BCUT2D eigenvalue weighted by Gasteiger charge is 2.29. The number of hydrogen-bond donors (Lipinski definition) is 2. The average molecular weight is 314 g/mol. The minimum absolute atomic E-state index is 0.200. The molecule has 0 spiro atoms. The molecule has 0 aliphatic heterocycles. The van der Waals surface area contributed by atoms with Crippen LogP contribution in [0.3, 0.4) is 0 Å². The van der Waals surface area contributed by atoms with Gasteiger partial charge in [0.2, 0.25) is 0 Å². The highest BCUT2D eigenvalue weighted by atomic mass is 16.3. The zero-order chi connectivity index (χ0) is 17.2. The maximum atomic E-state index is 10.8. The molecule has 0 aromatic rings. The molecule has 0 heterocycles. The number of nitroso groups, excluding NO2 is 2. The summed E-state index contributed by atoms with van der Waals surface area (Å²) in [4.78, 5) is 21.6. The van der Waals surface area contributed by atoms with Gasteiger partial charge in [-0.2, -0.15) is 9.81 Å². The summed E-state index contributed by atoms with van der Waals surface area (Å²) < 4.78 is 0. The summed E-state index contributed by atoms with van der Waals surface area (Å²) in [5, 5.41) is 13.2. The van der Waals surface area contributed by atoms with Gasteiger partial charge in [0.15, 0.2) is 0 Å². The van der Waals surface area contributed by atoms with E-state index in [1.807, 2.05) is 41.5 Å². The SMILES string of the molecule is CCC(N=O)C(C)(C)NCCCCNC(C)(C)C(CC)N=O. The third-order valence-corrected chi connectivity index (χ3v) is 4.46. The van der Waals surface area contributed by atoms with Crippen LogP contribution in [0.4, 0.5) is 0 Å². The quantitative estimate of drug-likeness (QED) is 0.402. The highest BCUT2D eigenvalue weighted by Crippen LogP contribution is 2.17. The Morgan fingerprint density at radius 1 is 0.773 bits per heavy atom. The molecular weight excluding hydrogens is 280 g/mol. The molecule has 0 bridgehead atoms. The van der Waals surface area contributed by atoms with Gasteiger partial charge in [0.05, 0.1) is 0 Å². The summed E-state index contributed by atoms with van der Waals surface area (Å²) in [6.07, 6.45) is 3.51. The Hall–Kier alpha value is -0.880. The standard InChI is InChI=1S/C16H34N4O2/c1-7-13(19-21)15(3,4)17-11-9-10-12-18-16(5,6)14(8-2)20-22/h13-14,17-18H,7-12H2,1-6H3. The fourth-order valence-corrected chi connectivity index (χ4v) is 2.74. The second kappa shape index (κ2) is 10.0. The van der Waals surface area contributed by atoms with E-state index in [4.69, 9.17) is 0 Å². The maximum Gasteiger partial charge on any atom is 0.109 e. The van der Waals surface area contributed by atoms with Crippen molar-refractivity contribution in [1.82, 2.24) is 10.6 Å². The third kappa shape index (κ3) is 6.92. The number of hydrogen-bond acceptors (Lipinski definition) is 6. The van der Waals surface area contributed by atoms with Crippen LogP contribution in [0.25, 0.3) is 0 Å². The molecule has 0 aliphatic rings.